The van der Waals surface area contributed by atoms with Crippen LogP contribution in [0.2, 0.25) is 0 Å². The zero-order chi connectivity index (χ0) is 28.8. The van der Waals surface area contributed by atoms with Gasteiger partial charge in [-0.2, -0.15) is 11.8 Å². The summed E-state index contributed by atoms with van der Waals surface area (Å²) in [7, 11) is 1.77. The Kier molecular flexibility index (Phi) is 9.07. The molecule has 0 aromatic carbocycles. The quantitative estimate of drug-likeness (QED) is 0.431. The molecule has 1 saturated carbocycles. The molecular weight excluding hydrogens is 564 g/mol. The summed E-state index contributed by atoms with van der Waals surface area (Å²) in [4.78, 5) is 32.9. The van der Waals surface area contributed by atoms with Gasteiger partial charge in [0.1, 0.15) is 5.82 Å². The molecule has 4 heterocycles. The van der Waals surface area contributed by atoms with Crippen LogP contribution in [-0.4, -0.2) is 99.0 Å². The molecule has 2 N–H and O–H groups in total. The van der Waals surface area contributed by atoms with Gasteiger partial charge in [-0.05, 0) is 70.6 Å². The summed E-state index contributed by atoms with van der Waals surface area (Å²) in [6.45, 7) is 6.93. The number of nitrogens with one attached hydrogen (secondary N) is 1. The number of rotatable bonds is 8. The summed E-state index contributed by atoms with van der Waals surface area (Å²) in [5.74, 6) is 1.02. The number of nitrogens with zero attached hydrogens (tertiary/aromatic N) is 3. The molecule has 1 aromatic rings. The molecule has 1 aromatic heterocycles. The molecule has 0 radical (unpaired) electrons. The van der Waals surface area contributed by atoms with Crippen LogP contribution in [0.15, 0.2) is 4.79 Å². The molecule has 6 rings (SSSR count). The first kappa shape index (κ1) is 29.9. The molecule has 9 nitrogen and oxygen atoms in total. The third-order valence-corrected chi connectivity index (χ3v) is 12.5. The van der Waals surface area contributed by atoms with Crippen LogP contribution in [0, 0.1) is 24.7 Å². The molecule has 41 heavy (non-hydrogen) atoms. The number of alkyl halides is 1. The van der Waals surface area contributed by atoms with Crippen molar-refractivity contribution in [2.24, 2.45) is 17.8 Å². The van der Waals surface area contributed by atoms with Crippen LogP contribution in [-0.2, 0) is 33.7 Å². The summed E-state index contributed by atoms with van der Waals surface area (Å²) < 4.78 is 13.9. The topological polar surface area (TPSA) is 106 Å². The van der Waals surface area contributed by atoms with Crippen LogP contribution in [0.25, 0.3) is 0 Å². The van der Waals surface area contributed by atoms with Gasteiger partial charge in [0.05, 0.1) is 37.0 Å². The van der Waals surface area contributed by atoms with E-state index in [0.29, 0.717) is 37.0 Å². The minimum Gasteiger partial charge on any atom is -0.481 e. The fourth-order valence-corrected chi connectivity index (χ4v) is 10.4. The number of carboxylic acid groups (broad SMARTS) is 1. The predicted molar refractivity (Wildman–Crippen MR) is 160 cm³/mol. The summed E-state index contributed by atoms with van der Waals surface area (Å²) in [6, 6.07) is 0.639. The van der Waals surface area contributed by atoms with E-state index in [-0.39, 0.29) is 46.2 Å². The van der Waals surface area contributed by atoms with Crippen molar-refractivity contribution in [1.82, 2.24) is 19.8 Å². The average Bonchev–Trinajstić information content (AvgIpc) is 3.34. The number of methoxy groups -OCH3 is 1. The third-order valence-electron chi connectivity index (χ3n) is 10.5. The molecule has 9 unspecified atom stereocenters. The molecule has 9 atom stereocenters. The molecular formula is C30H45ClN4O5S. The minimum atomic E-state index is -0.702. The molecule has 2 aliphatic carbocycles. The highest BCUT2D eigenvalue weighted by molar-refractivity contribution is 8.00. The standard InChI is InChI=1S/C30H45ClN4O5S/c1-16-10-22(28-27(32-16)24(15-41-28)30(37)38)21-11-18(31)4-7-26(21)40-9-8-35-17(2)33-25-6-5-19(12-23(25)29(35)36)34-13-20(14-34)39-3/h16,18-22,24,26-28,32H,4-15H2,1-3H3,(H,37,38). The largest absolute Gasteiger partial charge is 0.481 e. The number of carbonyl (C=O) groups is 1. The number of aryl methyl sites for hydroxylation is 2. The summed E-state index contributed by atoms with van der Waals surface area (Å²) in [5, 5.41) is 13.8. The zero-order valence-electron chi connectivity index (χ0n) is 24.5. The second-order valence-corrected chi connectivity index (χ2v) is 14.8. The lowest BCUT2D eigenvalue weighted by molar-refractivity contribution is -0.142. The van der Waals surface area contributed by atoms with E-state index in [1.807, 2.05) is 23.3 Å². The van der Waals surface area contributed by atoms with Gasteiger partial charge in [0.15, 0.2) is 0 Å². The van der Waals surface area contributed by atoms with Crippen LogP contribution in [0.4, 0.5) is 0 Å². The first-order valence-electron chi connectivity index (χ1n) is 15.5. The molecule has 0 bridgehead atoms. The zero-order valence-corrected chi connectivity index (χ0v) is 26.0. The number of halogens is 1. The Hall–Kier alpha value is -1.17. The summed E-state index contributed by atoms with van der Waals surface area (Å²) in [5.41, 5.74) is 1.92. The maximum absolute atomic E-state index is 13.7. The normalized spacial score (nSPS) is 37.8. The minimum absolute atomic E-state index is 0.00845. The highest BCUT2D eigenvalue weighted by Crippen LogP contribution is 2.48. The summed E-state index contributed by atoms with van der Waals surface area (Å²) in [6.07, 6.45) is 6.74. The van der Waals surface area contributed by atoms with Gasteiger partial charge in [-0.3, -0.25) is 19.1 Å². The molecule has 5 aliphatic rings. The molecule has 0 spiro atoms. The van der Waals surface area contributed by atoms with Crippen LogP contribution < -0.4 is 10.9 Å². The Morgan fingerprint density at radius 3 is 2.78 bits per heavy atom. The van der Waals surface area contributed by atoms with E-state index in [1.54, 1.807) is 7.11 Å². The number of piperidine rings is 1. The van der Waals surface area contributed by atoms with E-state index < -0.39 is 5.97 Å². The Labute approximate surface area is 252 Å². The van der Waals surface area contributed by atoms with E-state index in [2.05, 4.69) is 17.1 Å². The van der Waals surface area contributed by atoms with Gasteiger partial charge in [-0.15, -0.1) is 11.6 Å². The number of aliphatic carboxylic acids is 1. The molecule has 4 fully saturated rings. The number of hydrogen-bond donors (Lipinski definition) is 2. The molecule has 3 saturated heterocycles. The fraction of sp³-hybridized carbons (Fsp3) is 0.833. The van der Waals surface area contributed by atoms with Gasteiger partial charge in [0.25, 0.3) is 5.56 Å². The highest BCUT2D eigenvalue weighted by Gasteiger charge is 2.51. The van der Waals surface area contributed by atoms with Crippen molar-refractivity contribution in [3.63, 3.8) is 0 Å². The second-order valence-electron chi connectivity index (χ2n) is 13.0. The van der Waals surface area contributed by atoms with Gasteiger partial charge < -0.3 is 19.9 Å². The predicted octanol–water partition coefficient (Wildman–Crippen LogP) is 2.72. The lowest BCUT2D eigenvalue weighted by Crippen LogP contribution is -2.57. The van der Waals surface area contributed by atoms with Crippen LogP contribution in [0.1, 0.15) is 56.1 Å². The fourth-order valence-electron chi connectivity index (χ4n) is 8.21. The van der Waals surface area contributed by atoms with Crippen LogP contribution in [0.3, 0.4) is 0 Å². The lowest BCUT2D eigenvalue weighted by atomic mass is 9.70. The van der Waals surface area contributed by atoms with E-state index >= 15 is 0 Å². The van der Waals surface area contributed by atoms with Crippen molar-refractivity contribution >= 4 is 29.3 Å². The Morgan fingerprint density at radius 2 is 2.02 bits per heavy atom. The van der Waals surface area contributed by atoms with Crippen molar-refractivity contribution < 1.29 is 19.4 Å². The van der Waals surface area contributed by atoms with E-state index in [4.69, 9.17) is 26.1 Å². The van der Waals surface area contributed by atoms with Crippen molar-refractivity contribution in [2.75, 3.05) is 32.6 Å². The number of fused-ring (bicyclic) bond motifs is 2. The Bertz CT molecular complexity index is 1180. The second kappa shape index (κ2) is 12.4. The maximum Gasteiger partial charge on any atom is 0.308 e. The number of ether oxygens (including phenoxy) is 2. The number of carboxylic acids is 1. The maximum atomic E-state index is 13.7. The SMILES string of the molecule is COC1CN(C2CCc3nc(C)n(CCOC4CCC(Cl)CC4C4CC(C)NC5C(C(=O)O)CSC45)c(=O)c3C2)C1. The van der Waals surface area contributed by atoms with Crippen molar-refractivity contribution in [3.05, 3.63) is 27.4 Å². The number of hydrogen-bond acceptors (Lipinski definition) is 8. The van der Waals surface area contributed by atoms with Gasteiger partial charge in [-0.1, -0.05) is 0 Å². The Balaban J connectivity index is 1.13. The highest BCUT2D eigenvalue weighted by atomic mass is 35.5. The average molecular weight is 609 g/mol. The van der Waals surface area contributed by atoms with Crippen LogP contribution >= 0.6 is 23.4 Å². The van der Waals surface area contributed by atoms with Gasteiger partial charge in [0.2, 0.25) is 0 Å². The number of likely N-dealkylation sites (tertiary alicyclic amines) is 1. The molecule has 0 amide bonds. The molecule has 3 aliphatic heterocycles. The third kappa shape index (κ3) is 5.98. The molecule has 228 valence electrons. The first-order chi connectivity index (χ1) is 19.7. The smallest absolute Gasteiger partial charge is 0.308 e. The lowest BCUT2D eigenvalue weighted by Gasteiger charge is -2.47. The van der Waals surface area contributed by atoms with E-state index in [1.165, 1.54) is 0 Å². The summed E-state index contributed by atoms with van der Waals surface area (Å²) >= 11 is 8.53. The van der Waals surface area contributed by atoms with Crippen molar-refractivity contribution in [3.8, 4) is 0 Å². The van der Waals surface area contributed by atoms with E-state index in [0.717, 1.165) is 75.1 Å². The number of aromatic nitrogens is 2. The molecule has 11 heteroatoms. The van der Waals surface area contributed by atoms with Crippen molar-refractivity contribution in [2.45, 2.75) is 106 Å². The van der Waals surface area contributed by atoms with Gasteiger partial charge in [-0.25, -0.2) is 4.98 Å². The van der Waals surface area contributed by atoms with E-state index in [9.17, 15) is 14.7 Å². The van der Waals surface area contributed by atoms with Crippen molar-refractivity contribution in [1.29, 1.82) is 0 Å². The van der Waals surface area contributed by atoms with Crippen LogP contribution in [0.5, 0.6) is 0 Å². The first-order valence-corrected chi connectivity index (χ1v) is 16.9. The van der Waals surface area contributed by atoms with Gasteiger partial charge >= 0.3 is 5.97 Å². The van der Waals surface area contributed by atoms with Gasteiger partial charge in [0, 0.05) is 60.3 Å². The monoisotopic (exact) mass is 608 g/mol. The Morgan fingerprint density at radius 1 is 1.22 bits per heavy atom. The number of thioether (sulfide) groups is 1.